The predicted molar refractivity (Wildman–Crippen MR) is 62.2 cm³/mol. The zero-order valence-corrected chi connectivity index (χ0v) is 10.2. The first kappa shape index (κ1) is 11.9. The molecule has 2 fully saturated rings. The van der Waals surface area contributed by atoms with Crippen molar-refractivity contribution in [1.82, 2.24) is 10.2 Å². The summed E-state index contributed by atoms with van der Waals surface area (Å²) in [7, 11) is 0. The number of hydrogen-bond donors (Lipinski definition) is 1. The number of ether oxygens (including phenoxy) is 1. The van der Waals surface area contributed by atoms with Crippen LogP contribution in [0, 0.1) is 5.92 Å². The van der Waals surface area contributed by atoms with Crippen LogP contribution >= 0.6 is 0 Å². The minimum Gasteiger partial charge on any atom is -0.372 e. The highest BCUT2D eigenvalue weighted by Crippen LogP contribution is 2.17. The largest absolute Gasteiger partial charge is 0.372 e. The molecular weight excluding hydrogens is 204 g/mol. The second kappa shape index (κ2) is 5.15. The van der Waals surface area contributed by atoms with Crippen LogP contribution in [-0.2, 0) is 9.53 Å². The number of rotatable bonds is 1. The number of nitrogens with zero attached hydrogens (tertiary/aromatic N) is 1. The van der Waals surface area contributed by atoms with Gasteiger partial charge in [0, 0.05) is 19.6 Å². The molecule has 4 heteroatoms. The Morgan fingerprint density at radius 2 is 2.00 bits per heavy atom. The lowest BCUT2D eigenvalue weighted by molar-refractivity contribution is -0.147. The van der Waals surface area contributed by atoms with Crippen molar-refractivity contribution < 1.29 is 9.53 Å². The summed E-state index contributed by atoms with van der Waals surface area (Å²) in [6.07, 6.45) is 2.49. The topological polar surface area (TPSA) is 41.6 Å². The van der Waals surface area contributed by atoms with Gasteiger partial charge in [0.2, 0.25) is 5.91 Å². The average Bonchev–Trinajstić information content (AvgIpc) is 2.28. The summed E-state index contributed by atoms with van der Waals surface area (Å²) in [5.41, 5.74) is 0. The Morgan fingerprint density at radius 3 is 2.56 bits per heavy atom. The van der Waals surface area contributed by atoms with E-state index >= 15 is 0 Å². The van der Waals surface area contributed by atoms with Crippen molar-refractivity contribution >= 4 is 5.91 Å². The summed E-state index contributed by atoms with van der Waals surface area (Å²) in [6.45, 7) is 7.47. The lowest BCUT2D eigenvalue weighted by Crippen LogP contribution is -2.52. The number of piperidine rings is 1. The Morgan fingerprint density at radius 1 is 1.31 bits per heavy atom. The van der Waals surface area contributed by atoms with Gasteiger partial charge >= 0.3 is 0 Å². The molecule has 0 radical (unpaired) electrons. The summed E-state index contributed by atoms with van der Waals surface area (Å²) < 4.78 is 5.64. The number of carbonyl (C=O) groups excluding carboxylic acids is 1. The van der Waals surface area contributed by atoms with Crippen molar-refractivity contribution in [1.29, 1.82) is 0 Å². The number of amides is 1. The third kappa shape index (κ3) is 2.74. The lowest BCUT2D eigenvalue weighted by Gasteiger charge is -2.37. The van der Waals surface area contributed by atoms with E-state index in [2.05, 4.69) is 5.32 Å². The van der Waals surface area contributed by atoms with E-state index in [1.54, 1.807) is 0 Å². The Balaban J connectivity index is 1.92. The fraction of sp³-hybridized carbons (Fsp3) is 0.917. The minimum atomic E-state index is 0.171. The van der Waals surface area contributed by atoms with Crippen LogP contribution in [0.5, 0.6) is 0 Å². The van der Waals surface area contributed by atoms with Gasteiger partial charge < -0.3 is 15.0 Å². The second-order valence-corrected chi connectivity index (χ2v) is 5.04. The van der Waals surface area contributed by atoms with E-state index in [0.29, 0.717) is 5.91 Å². The number of morpholine rings is 1. The molecule has 92 valence electrons. The van der Waals surface area contributed by atoms with Crippen molar-refractivity contribution in [2.75, 3.05) is 26.2 Å². The van der Waals surface area contributed by atoms with Crippen LogP contribution in [0.2, 0.25) is 0 Å². The zero-order chi connectivity index (χ0) is 11.5. The van der Waals surface area contributed by atoms with E-state index in [1.165, 1.54) is 0 Å². The average molecular weight is 226 g/mol. The van der Waals surface area contributed by atoms with Crippen molar-refractivity contribution in [3.63, 3.8) is 0 Å². The van der Waals surface area contributed by atoms with Gasteiger partial charge in [-0.1, -0.05) is 0 Å². The molecule has 0 aromatic carbocycles. The van der Waals surface area contributed by atoms with Gasteiger partial charge in [-0.25, -0.2) is 0 Å². The molecule has 2 saturated heterocycles. The highest BCUT2D eigenvalue weighted by atomic mass is 16.5. The summed E-state index contributed by atoms with van der Waals surface area (Å²) in [5.74, 6) is 0.500. The number of nitrogens with one attached hydrogen (secondary N) is 1. The fourth-order valence-electron chi connectivity index (χ4n) is 2.68. The molecule has 1 N–H and O–H groups in total. The Bertz CT molecular complexity index is 241. The third-order valence-corrected chi connectivity index (χ3v) is 3.38. The predicted octanol–water partition coefficient (Wildman–Crippen LogP) is 0.622. The maximum absolute atomic E-state index is 12.3. The van der Waals surface area contributed by atoms with Crippen molar-refractivity contribution in [3.8, 4) is 0 Å². The van der Waals surface area contributed by atoms with Gasteiger partial charge in [0.05, 0.1) is 18.1 Å². The minimum absolute atomic E-state index is 0.171. The van der Waals surface area contributed by atoms with E-state index in [0.717, 1.165) is 39.0 Å². The molecule has 0 saturated carbocycles. The normalized spacial score (nSPS) is 36.1. The fourth-order valence-corrected chi connectivity index (χ4v) is 2.68. The number of carbonyl (C=O) groups is 1. The number of hydrogen-bond acceptors (Lipinski definition) is 3. The van der Waals surface area contributed by atoms with Gasteiger partial charge in [-0.05, 0) is 33.2 Å². The van der Waals surface area contributed by atoms with Gasteiger partial charge in [-0.3, -0.25) is 4.79 Å². The Hall–Kier alpha value is -0.610. The quantitative estimate of drug-likeness (QED) is 0.713. The monoisotopic (exact) mass is 226 g/mol. The van der Waals surface area contributed by atoms with Crippen molar-refractivity contribution in [2.45, 2.75) is 38.9 Å². The van der Waals surface area contributed by atoms with Crippen molar-refractivity contribution in [2.24, 2.45) is 5.92 Å². The smallest absolute Gasteiger partial charge is 0.227 e. The molecule has 2 aliphatic heterocycles. The van der Waals surface area contributed by atoms with E-state index < -0.39 is 0 Å². The second-order valence-electron chi connectivity index (χ2n) is 5.04. The van der Waals surface area contributed by atoms with Crippen LogP contribution in [0.15, 0.2) is 0 Å². The SMILES string of the molecule is C[C@@H]1CN(C(=O)[C@@H]2CCCNC2)C[C@H](C)O1. The summed E-state index contributed by atoms with van der Waals surface area (Å²) in [5, 5.41) is 3.30. The van der Waals surface area contributed by atoms with Gasteiger partial charge in [-0.2, -0.15) is 0 Å². The Kier molecular flexibility index (Phi) is 3.82. The van der Waals surface area contributed by atoms with Crippen LogP contribution in [0.3, 0.4) is 0 Å². The van der Waals surface area contributed by atoms with Crippen LogP contribution < -0.4 is 5.32 Å². The highest BCUT2D eigenvalue weighted by molar-refractivity contribution is 5.79. The molecule has 16 heavy (non-hydrogen) atoms. The maximum atomic E-state index is 12.3. The molecule has 0 spiro atoms. The molecule has 4 nitrogen and oxygen atoms in total. The molecule has 2 aliphatic rings. The molecule has 1 amide bonds. The van der Waals surface area contributed by atoms with Crippen LogP contribution in [0.1, 0.15) is 26.7 Å². The molecule has 3 atom stereocenters. The van der Waals surface area contributed by atoms with E-state index in [9.17, 15) is 4.79 Å². The first-order chi connectivity index (χ1) is 7.66. The highest BCUT2D eigenvalue weighted by Gasteiger charge is 2.30. The molecule has 0 aliphatic carbocycles. The van der Waals surface area contributed by atoms with Crippen molar-refractivity contribution in [3.05, 3.63) is 0 Å². The van der Waals surface area contributed by atoms with Gasteiger partial charge in [0.1, 0.15) is 0 Å². The third-order valence-electron chi connectivity index (χ3n) is 3.38. The standard InChI is InChI=1S/C12H22N2O2/c1-9-7-14(8-10(2)16-9)12(15)11-4-3-5-13-6-11/h9-11,13H,3-8H2,1-2H3/t9-,10+,11-/m1/s1. The molecule has 2 heterocycles. The first-order valence-electron chi connectivity index (χ1n) is 6.32. The van der Waals surface area contributed by atoms with Gasteiger partial charge in [0.25, 0.3) is 0 Å². The van der Waals surface area contributed by atoms with E-state index in [4.69, 9.17) is 4.74 Å². The molecule has 0 unspecified atom stereocenters. The van der Waals surface area contributed by atoms with E-state index in [1.807, 2.05) is 18.7 Å². The zero-order valence-electron chi connectivity index (χ0n) is 10.2. The van der Waals surface area contributed by atoms with Crippen LogP contribution in [0.4, 0.5) is 0 Å². The van der Waals surface area contributed by atoms with Gasteiger partial charge in [0.15, 0.2) is 0 Å². The lowest BCUT2D eigenvalue weighted by atomic mass is 9.97. The van der Waals surface area contributed by atoms with Crippen LogP contribution in [0.25, 0.3) is 0 Å². The molecule has 0 aromatic heterocycles. The van der Waals surface area contributed by atoms with Crippen LogP contribution in [-0.4, -0.2) is 49.2 Å². The maximum Gasteiger partial charge on any atom is 0.227 e. The molecule has 0 bridgehead atoms. The van der Waals surface area contributed by atoms with E-state index in [-0.39, 0.29) is 18.1 Å². The first-order valence-corrected chi connectivity index (χ1v) is 6.32. The summed E-state index contributed by atoms with van der Waals surface area (Å²) in [6, 6.07) is 0. The molecule has 2 rings (SSSR count). The van der Waals surface area contributed by atoms with Gasteiger partial charge in [-0.15, -0.1) is 0 Å². The Labute approximate surface area is 97.3 Å². The molecule has 0 aromatic rings. The summed E-state index contributed by atoms with van der Waals surface area (Å²) in [4.78, 5) is 14.3. The molecular formula is C12H22N2O2. The summed E-state index contributed by atoms with van der Waals surface area (Å²) >= 11 is 0.